The topological polar surface area (TPSA) is 40.5 Å². The lowest BCUT2D eigenvalue weighted by atomic mass is 9.77. The van der Waals surface area contributed by atoms with Crippen LogP contribution in [0.4, 0.5) is 0 Å². The molecule has 0 saturated heterocycles. The lowest BCUT2D eigenvalue weighted by Gasteiger charge is -2.29. The highest BCUT2D eigenvalue weighted by Gasteiger charge is 2.22. The summed E-state index contributed by atoms with van der Waals surface area (Å²) in [6, 6.07) is 0. The van der Waals surface area contributed by atoms with Gasteiger partial charge in [0.2, 0.25) is 0 Å². The monoisotopic (exact) mass is 264 g/mol. The van der Waals surface area contributed by atoms with Gasteiger partial charge in [-0.15, -0.1) is 0 Å². The number of hydrogen-bond acceptors (Lipinski definition) is 2. The fourth-order valence-electron chi connectivity index (χ4n) is 2.48. The lowest BCUT2D eigenvalue weighted by Crippen LogP contribution is -2.20. The summed E-state index contributed by atoms with van der Waals surface area (Å²) in [7, 11) is 0. The summed E-state index contributed by atoms with van der Waals surface area (Å²) in [5, 5.41) is 19.5. The minimum absolute atomic E-state index is 0.536. The largest absolute Gasteiger partial charge is 0.380 e. The van der Waals surface area contributed by atoms with E-state index in [0.717, 1.165) is 0 Å². The molecule has 0 aromatic rings. The van der Waals surface area contributed by atoms with Crippen molar-refractivity contribution in [1.29, 1.82) is 0 Å². The fourth-order valence-corrected chi connectivity index (χ4v) is 2.48. The van der Waals surface area contributed by atoms with Crippen molar-refractivity contribution in [3.63, 3.8) is 0 Å². The van der Waals surface area contributed by atoms with E-state index in [1.165, 1.54) is 18.4 Å². The van der Waals surface area contributed by atoms with Gasteiger partial charge >= 0.3 is 0 Å². The number of aliphatic hydroxyl groups excluding tert-OH is 1. The molecule has 3 atom stereocenters. The first-order valence-corrected chi connectivity index (χ1v) is 7.32. The quantitative estimate of drug-likeness (QED) is 0.607. The van der Waals surface area contributed by atoms with Gasteiger partial charge in [0.05, 0.1) is 0 Å². The normalized spacial score (nSPS) is 25.6. The highest BCUT2D eigenvalue weighted by atomic mass is 16.3. The second-order valence-electron chi connectivity index (χ2n) is 6.68. The Morgan fingerprint density at radius 3 is 2.53 bits per heavy atom. The fraction of sp³-hybridized carbons (Fsp3) is 0.765. The number of allylic oxidation sites excluding steroid dienone is 1. The molecule has 0 heterocycles. The van der Waals surface area contributed by atoms with Crippen molar-refractivity contribution in [3.05, 3.63) is 11.6 Å². The maximum Gasteiger partial charge on any atom is 0.120 e. The molecule has 0 spiro atoms. The molecular weight excluding hydrogens is 236 g/mol. The zero-order valence-corrected chi connectivity index (χ0v) is 12.9. The van der Waals surface area contributed by atoms with E-state index in [9.17, 15) is 10.2 Å². The average molecular weight is 264 g/mol. The van der Waals surface area contributed by atoms with Gasteiger partial charge in [-0.2, -0.15) is 0 Å². The molecule has 0 bridgehead atoms. The molecule has 2 heteroatoms. The minimum Gasteiger partial charge on any atom is -0.380 e. The van der Waals surface area contributed by atoms with E-state index in [0.29, 0.717) is 24.2 Å². The van der Waals surface area contributed by atoms with Crippen molar-refractivity contribution in [2.24, 2.45) is 17.8 Å². The molecule has 1 aliphatic rings. The van der Waals surface area contributed by atoms with Crippen LogP contribution in [0.1, 0.15) is 53.9 Å². The van der Waals surface area contributed by atoms with Gasteiger partial charge in [-0.25, -0.2) is 0 Å². The van der Waals surface area contributed by atoms with Crippen molar-refractivity contribution < 1.29 is 10.2 Å². The summed E-state index contributed by atoms with van der Waals surface area (Å²) >= 11 is 0. The first-order valence-electron chi connectivity index (χ1n) is 7.32. The zero-order valence-electron chi connectivity index (χ0n) is 12.9. The highest BCUT2D eigenvalue weighted by molar-refractivity contribution is 5.19. The Labute approximate surface area is 117 Å². The molecule has 108 valence electrons. The number of rotatable bonds is 3. The second kappa shape index (κ2) is 6.59. The predicted octanol–water partition coefficient (Wildman–Crippen LogP) is 3.14. The molecule has 1 aliphatic carbocycles. The Bertz CT molecular complexity index is 376. The van der Waals surface area contributed by atoms with Gasteiger partial charge in [-0.1, -0.05) is 44.3 Å². The van der Waals surface area contributed by atoms with Crippen LogP contribution in [0.15, 0.2) is 11.6 Å². The van der Waals surface area contributed by atoms with Crippen LogP contribution in [-0.4, -0.2) is 21.9 Å². The maximum absolute atomic E-state index is 9.98. The Morgan fingerprint density at radius 1 is 1.37 bits per heavy atom. The van der Waals surface area contributed by atoms with E-state index in [1.54, 1.807) is 13.8 Å². The van der Waals surface area contributed by atoms with E-state index < -0.39 is 11.7 Å². The molecule has 0 aromatic carbocycles. The Kier molecular flexibility index (Phi) is 5.64. The second-order valence-corrected chi connectivity index (χ2v) is 6.68. The van der Waals surface area contributed by atoms with E-state index in [-0.39, 0.29) is 0 Å². The molecule has 0 aliphatic heterocycles. The molecule has 0 radical (unpaired) electrons. The zero-order chi connectivity index (χ0) is 14.6. The van der Waals surface area contributed by atoms with Crippen molar-refractivity contribution in [2.75, 3.05) is 0 Å². The lowest BCUT2D eigenvalue weighted by molar-refractivity contribution is 0.142. The molecule has 0 unspecified atom stereocenters. The summed E-state index contributed by atoms with van der Waals surface area (Å²) in [5.74, 6) is 7.25. The molecule has 2 N–H and O–H groups in total. The van der Waals surface area contributed by atoms with Crippen molar-refractivity contribution in [2.45, 2.75) is 65.6 Å². The maximum atomic E-state index is 9.98. The van der Waals surface area contributed by atoms with Crippen LogP contribution >= 0.6 is 0 Å². The average Bonchev–Trinajstić information content (AvgIpc) is 2.28. The van der Waals surface area contributed by atoms with Crippen LogP contribution in [0.3, 0.4) is 0 Å². The van der Waals surface area contributed by atoms with Gasteiger partial charge in [0, 0.05) is 6.42 Å². The third-order valence-corrected chi connectivity index (χ3v) is 3.82. The van der Waals surface area contributed by atoms with Gasteiger partial charge in [-0.3, -0.25) is 0 Å². The Morgan fingerprint density at radius 2 is 2.00 bits per heavy atom. The van der Waals surface area contributed by atoms with Crippen LogP contribution in [0.5, 0.6) is 0 Å². The molecule has 19 heavy (non-hydrogen) atoms. The van der Waals surface area contributed by atoms with E-state index >= 15 is 0 Å². The summed E-state index contributed by atoms with van der Waals surface area (Å²) < 4.78 is 0. The molecule has 0 fully saturated rings. The highest BCUT2D eigenvalue weighted by Crippen LogP contribution is 2.34. The predicted molar refractivity (Wildman–Crippen MR) is 79.5 cm³/mol. The summed E-state index contributed by atoms with van der Waals surface area (Å²) in [6.07, 6.45) is 4.71. The number of aliphatic hydroxyl groups is 2. The Balaban J connectivity index is 2.70. The molecule has 0 amide bonds. The van der Waals surface area contributed by atoms with Crippen molar-refractivity contribution in [3.8, 4) is 11.8 Å². The SMILES string of the molecule is CC(C)[C@H]1C=C(C[C@H](O)C#CC(C)(C)O)[C@H](C)CC1. The molecule has 1 rings (SSSR count). The van der Waals surface area contributed by atoms with E-state index in [1.807, 2.05) is 0 Å². The summed E-state index contributed by atoms with van der Waals surface area (Å²) in [5.41, 5.74) is 0.288. The van der Waals surface area contributed by atoms with Gasteiger partial charge in [0.1, 0.15) is 11.7 Å². The van der Waals surface area contributed by atoms with Gasteiger partial charge in [0.25, 0.3) is 0 Å². The van der Waals surface area contributed by atoms with Gasteiger partial charge < -0.3 is 10.2 Å². The Hall–Kier alpha value is -0.780. The third kappa shape index (κ3) is 5.80. The van der Waals surface area contributed by atoms with Crippen LogP contribution in [0.2, 0.25) is 0 Å². The third-order valence-electron chi connectivity index (χ3n) is 3.82. The van der Waals surface area contributed by atoms with Crippen molar-refractivity contribution >= 4 is 0 Å². The first kappa shape index (κ1) is 16.3. The summed E-state index contributed by atoms with van der Waals surface area (Å²) in [6.45, 7) is 9.98. The van der Waals surface area contributed by atoms with Gasteiger partial charge in [-0.05, 0) is 44.4 Å². The minimum atomic E-state index is -1.03. The molecular formula is C17H28O2. The van der Waals surface area contributed by atoms with Crippen LogP contribution in [0.25, 0.3) is 0 Å². The smallest absolute Gasteiger partial charge is 0.120 e. The molecule has 0 aromatic heterocycles. The van der Waals surface area contributed by atoms with Crippen LogP contribution in [-0.2, 0) is 0 Å². The standard InChI is InChI=1S/C17H28O2/c1-12(2)14-7-6-13(3)15(10-14)11-16(18)8-9-17(4,5)19/h10,12-14,16,18-19H,6-7,11H2,1-5H3/t13-,14-,16-/m1/s1. The van der Waals surface area contributed by atoms with Crippen LogP contribution in [0, 0.1) is 29.6 Å². The molecule has 2 nitrogen and oxygen atoms in total. The summed E-state index contributed by atoms with van der Waals surface area (Å²) in [4.78, 5) is 0. The van der Waals surface area contributed by atoms with Crippen LogP contribution < -0.4 is 0 Å². The van der Waals surface area contributed by atoms with Gasteiger partial charge in [0.15, 0.2) is 0 Å². The van der Waals surface area contributed by atoms with E-state index in [2.05, 4.69) is 38.7 Å². The van der Waals surface area contributed by atoms with E-state index in [4.69, 9.17) is 0 Å². The molecule has 0 saturated carbocycles. The first-order chi connectivity index (χ1) is 8.69. The van der Waals surface area contributed by atoms with Crippen molar-refractivity contribution in [1.82, 2.24) is 0 Å². The number of hydrogen-bond donors (Lipinski definition) is 2.